The predicted molar refractivity (Wildman–Crippen MR) is 124 cm³/mol. The molecule has 1 heterocycles. The average molecular weight is 394 g/mol. The van der Waals surface area contributed by atoms with E-state index in [4.69, 9.17) is 4.99 Å². The van der Waals surface area contributed by atoms with E-state index in [2.05, 4.69) is 33.0 Å². The van der Waals surface area contributed by atoms with Crippen molar-refractivity contribution < 1.29 is 4.74 Å². The first-order chi connectivity index (χ1) is 13.5. The fraction of sp³-hybridized carbons (Fsp3) is 0.917. The van der Waals surface area contributed by atoms with Crippen molar-refractivity contribution in [3.8, 4) is 0 Å². The molecule has 1 rings (SSSR count). The summed E-state index contributed by atoms with van der Waals surface area (Å²) in [5, 5.41) is 15.5. The summed E-state index contributed by atoms with van der Waals surface area (Å²) >= 11 is 0. The van der Waals surface area contributed by atoms with E-state index in [0.717, 1.165) is 30.0 Å². The van der Waals surface area contributed by atoms with Gasteiger partial charge in [0.2, 0.25) is 0 Å². The molecule has 1 aliphatic rings. The molecular formula is C24H47N3O. The van der Waals surface area contributed by atoms with Crippen LogP contribution in [0.3, 0.4) is 0 Å². The van der Waals surface area contributed by atoms with Crippen LogP contribution in [-0.4, -0.2) is 42.3 Å². The molecule has 1 atom stereocenters. The Balaban J connectivity index is 2.08. The van der Waals surface area contributed by atoms with Crippen molar-refractivity contribution in [1.29, 1.82) is 0 Å². The zero-order valence-electron chi connectivity index (χ0n) is 19.3. The normalized spacial score (nSPS) is 18.1. The summed E-state index contributed by atoms with van der Waals surface area (Å²) < 4.78 is 1.09. The first-order valence-electron chi connectivity index (χ1n) is 12.1. The molecule has 28 heavy (non-hydrogen) atoms. The Hall–Kier alpha value is -0.900. The van der Waals surface area contributed by atoms with Crippen molar-refractivity contribution in [2.75, 3.05) is 19.6 Å². The summed E-state index contributed by atoms with van der Waals surface area (Å²) in [6.45, 7) is 11.0. The average Bonchev–Trinajstić information content (AvgIpc) is 2.63. The van der Waals surface area contributed by atoms with Crippen LogP contribution in [0.4, 0.5) is 0 Å². The van der Waals surface area contributed by atoms with Crippen molar-refractivity contribution in [2.45, 2.75) is 117 Å². The van der Waals surface area contributed by atoms with Crippen molar-refractivity contribution in [3.05, 3.63) is 5.21 Å². The molecular weight excluding hydrogens is 346 g/mol. The molecule has 0 radical (unpaired) electrons. The Morgan fingerprint density at radius 2 is 1.54 bits per heavy atom. The van der Waals surface area contributed by atoms with Gasteiger partial charge >= 0.3 is 0 Å². The zero-order chi connectivity index (χ0) is 20.7. The maximum absolute atomic E-state index is 11.9. The molecule has 4 heteroatoms. The van der Waals surface area contributed by atoms with Gasteiger partial charge in [-0.3, -0.25) is 4.99 Å². The highest BCUT2D eigenvalue weighted by Gasteiger charge is 2.31. The molecule has 0 aromatic rings. The van der Waals surface area contributed by atoms with Gasteiger partial charge in [-0.05, 0) is 33.7 Å². The highest BCUT2D eigenvalue weighted by Crippen LogP contribution is 2.19. The summed E-state index contributed by atoms with van der Waals surface area (Å²) in [7, 11) is 0. The molecule has 1 unspecified atom stereocenters. The van der Waals surface area contributed by atoms with E-state index >= 15 is 0 Å². The van der Waals surface area contributed by atoms with Gasteiger partial charge < -0.3 is 10.5 Å². The fourth-order valence-corrected chi connectivity index (χ4v) is 4.20. The van der Waals surface area contributed by atoms with Crippen LogP contribution < -0.4 is 5.32 Å². The van der Waals surface area contributed by atoms with Crippen LogP contribution in [0.1, 0.15) is 111 Å². The topological polar surface area (TPSA) is 50.5 Å². The van der Waals surface area contributed by atoms with Crippen LogP contribution in [-0.2, 0) is 0 Å². The van der Waals surface area contributed by atoms with E-state index in [1.807, 2.05) is 0 Å². The number of nitrogens with zero attached hydrogens (tertiary/aromatic N) is 2. The molecule has 0 aromatic carbocycles. The number of hydrogen-bond acceptors (Lipinski definition) is 3. The fourth-order valence-electron chi connectivity index (χ4n) is 4.20. The first-order valence-corrected chi connectivity index (χ1v) is 12.1. The summed E-state index contributed by atoms with van der Waals surface area (Å²) in [4.78, 5) is 4.81. The molecule has 0 saturated heterocycles. The second-order valence-electron chi connectivity index (χ2n) is 9.18. The Bertz CT molecular complexity index is 457. The van der Waals surface area contributed by atoms with Crippen LogP contribution in [0.25, 0.3) is 0 Å². The number of hydrogen-bond donors (Lipinski definition) is 1. The molecule has 0 amide bonds. The Kier molecular flexibility index (Phi) is 13.5. The van der Waals surface area contributed by atoms with Gasteiger partial charge in [0, 0.05) is 24.7 Å². The molecule has 0 aromatic heterocycles. The third-order valence-corrected chi connectivity index (χ3v) is 5.84. The van der Waals surface area contributed by atoms with Crippen LogP contribution in [0.5, 0.6) is 0 Å². The zero-order valence-corrected chi connectivity index (χ0v) is 19.3. The number of unbranched alkanes of at least 4 members (excludes halogenated alkanes) is 11. The van der Waals surface area contributed by atoms with Crippen LogP contribution in [0.15, 0.2) is 4.99 Å². The quantitative estimate of drug-likeness (QED) is 0.207. The lowest BCUT2D eigenvalue weighted by Crippen LogP contribution is -2.45. The molecule has 1 N–H and O–H groups in total. The van der Waals surface area contributed by atoms with Gasteiger partial charge in [0.1, 0.15) is 0 Å². The van der Waals surface area contributed by atoms with Crippen molar-refractivity contribution in [1.82, 2.24) is 5.32 Å². The van der Waals surface area contributed by atoms with Gasteiger partial charge in [-0.2, -0.15) is 0 Å². The molecule has 0 bridgehead atoms. The van der Waals surface area contributed by atoms with Crippen molar-refractivity contribution in [3.63, 3.8) is 0 Å². The molecule has 0 aliphatic carbocycles. The lowest BCUT2D eigenvalue weighted by Gasteiger charge is -2.28. The molecule has 164 valence electrons. The largest absolute Gasteiger partial charge is 0.624 e. The second-order valence-corrected chi connectivity index (χ2v) is 9.18. The molecule has 0 fully saturated rings. The van der Waals surface area contributed by atoms with E-state index in [9.17, 15) is 5.21 Å². The summed E-state index contributed by atoms with van der Waals surface area (Å²) in [5.41, 5.74) is 0.845. The van der Waals surface area contributed by atoms with Crippen LogP contribution in [0, 0.1) is 10.6 Å². The standard InChI is InChI=1S/C24H47N3O/c1-5-6-7-8-9-10-11-12-13-14-15-16-18-25-22(2)23-24(3,4)21-27(28)20-17-19-26-23/h21-22,25H,5-20H2,1-4H3. The number of hydroxylamine groups is 1. The smallest absolute Gasteiger partial charge is 0.162 e. The molecule has 1 aliphatic heterocycles. The van der Waals surface area contributed by atoms with Gasteiger partial charge in [-0.15, -0.1) is 0 Å². The maximum atomic E-state index is 11.9. The summed E-state index contributed by atoms with van der Waals surface area (Å²) in [6.07, 6.45) is 19.2. The van der Waals surface area contributed by atoms with E-state index in [0.29, 0.717) is 6.54 Å². The monoisotopic (exact) mass is 393 g/mol. The maximum Gasteiger partial charge on any atom is 0.162 e. The highest BCUT2D eigenvalue weighted by molar-refractivity contribution is 6.04. The van der Waals surface area contributed by atoms with Gasteiger partial charge in [0.25, 0.3) is 0 Å². The molecule has 4 nitrogen and oxygen atoms in total. The first kappa shape index (κ1) is 25.1. The number of aliphatic imine (C=N–C) groups is 1. The van der Waals surface area contributed by atoms with Gasteiger partial charge in [0.05, 0.1) is 5.41 Å². The SMILES string of the molecule is CCCCCCCCCCCCCCNC(C)C1=NCCC[N+]([O-])=CC1(C)C. The molecule has 0 saturated carbocycles. The van der Waals surface area contributed by atoms with E-state index in [1.165, 1.54) is 77.0 Å². The Labute approximate surface area is 174 Å². The lowest BCUT2D eigenvalue weighted by atomic mass is 9.84. The van der Waals surface area contributed by atoms with Crippen molar-refractivity contribution >= 4 is 11.9 Å². The van der Waals surface area contributed by atoms with Crippen LogP contribution in [0.2, 0.25) is 0 Å². The second kappa shape index (κ2) is 15.0. The number of nitrogens with one attached hydrogen (secondary N) is 1. The van der Waals surface area contributed by atoms with Crippen LogP contribution >= 0.6 is 0 Å². The molecule has 0 spiro atoms. The minimum atomic E-state index is -0.273. The lowest BCUT2D eigenvalue weighted by molar-refractivity contribution is -0.456. The van der Waals surface area contributed by atoms with E-state index < -0.39 is 0 Å². The number of rotatable bonds is 15. The van der Waals surface area contributed by atoms with Gasteiger partial charge in [-0.1, -0.05) is 77.6 Å². The van der Waals surface area contributed by atoms with E-state index in [-0.39, 0.29) is 11.5 Å². The van der Waals surface area contributed by atoms with Gasteiger partial charge in [-0.25, -0.2) is 4.74 Å². The highest BCUT2D eigenvalue weighted by atomic mass is 16.5. The Morgan fingerprint density at radius 1 is 1.00 bits per heavy atom. The third kappa shape index (κ3) is 11.2. The Morgan fingerprint density at radius 3 is 2.11 bits per heavy atom. The van der Waals surface area contributed by atoms with E-state index in [1.54, 1.807) is 6.21 Å². The predicted octanol–water partition coefficient (Wildman–Crippen LogP) is 6.12. The van der Waals surface area contributed by atoms with Crippen molar-refractivity contribution in [2.24, 2.45) is 10.4 Å². The third-order valence-electron chi connectivity index (χ3n) is 5.84. The minimum Gasteiger partial charge on any atom is -0.624 e. The van der Waals surface area contributed by atoms with Gasteiger partial charge in [0.15, 0.2) is 12.8 Å². The summed E-state index contributed by atoms with van der Waals surface area (Å²) in [6, 6.07) is 0.227. The minimum absolute atomic E-state index is 0.227. The summed E-state index contributed by atoms with van der Waals surface area (Å²) in [5.74, 6) is 0.